The van der Waals surface area contributed by atoms with E-state index in [1.807, 2.05) is 11.8 Å². The molecule has 166 valence electrons. The molecule has 0 aliphatic carbocycles. The Morgan fingerprint density at radius 1 is 1.13 bits per heavy atom. The first-order valence-electron chi connectivity index (χ1n) is 10.0. The Bertz CT molecular complexity index is 990. The van der Waals surface area contributed by atoms with Gasteiger partial charge in [0, 0.05) is 32.8 Å². The largest absolute Gasteiger partial charge is 0.438 e. The molecule has 0 amide bonds. The molecule has 31 heavy (non-hydrogen) atoms. The molecule has 0 aliphatic heterocycles. The van der Waals surface area contributed by atoms with Crippen molar-refractivity contribution >= 4 is 0 Å². The number of halogens is 2. The van der Waals surface area contributed by atoms with Gasteiger partial charge in [-0.15, -0.1) is 0 Å². The minimum absolute atomic E-state index is 0.323. The van der Waals surface area contributed by atoms with Gasteiger partial charge in [-0.05, 0) is 50.2 Å². The van der Waals surface area contributed by atoms with Gasteiger partial charge in [-0.25, -0.2) is 13.5 Å². The van der Waals surface area contributed by atoms with Gasteiger partial charge in [0.15, 0.2) is 0 Å². The predicted octanol–water partition coefficient (Wildman–Crippen LogP) is 4.08. The van der Waals surface area contributed by atoms with Crippen molar-refractivity contribution in [3.05, 3.63) is 71.4 Å². The molecule has 1 heterocycles. The van der Waals surface area contributed by atoms with E-state index in [-0.39, 0.29) is 5.82 Å². The van der Waals surface area contributed by atoms with Gasteiger partial charge in [0.1, 0.15) is 17.4 Å². The number of aryl methyl sites for hydroxylation is 1. The zero-order chi connectivity index (χ0) is 22.4. The van der Waals surface area contributed by atoms with Crippen LogP contribution in [0, 0.1) is 18.6 Å². The molecule has 0 saturated carbocycles. The van der Waals surface area contributed by atoms with Crippen LogP contribution in [0.2, 0.25) is 0 Å². The highest BCUT2D eigenvalue weighted by Gasteiger charge is 2.22. The zero-order valence-electron chi connectivity index (χ0n) is 17.9. The maximum atomic E-state index is 13.7. The number of aromatic nitrogens is 2. The molecule has 1 aromatic heterocycles. The van der Waals surface area contributed by atoms with Crippen molar-refractivity contribution < 1.29 is 23.4 Å². The summed E-state index contributed by atoms with van der Waals surface area (Å²) in [6.07, 6.45) is -0.531. The highest BCUT2D eigenvalue weighted by atomic mass is 19.1. The Morgan fingerprint density at radius 3 is 2.52 bits per heavy atom. The van der Waals surface area contributed by atoms with Gasteiger partial charge >= 0.3 is 0 Å². The van der Waals surface area contributed by atoms with Gasteiger partial charge in [0.05, 0.1) is 29.7 Å². The third-order valence-electron chi connectivity index (χ3n) is 4.73. The average Bonchev–Trinajstić information content (AvgIpc) is 3.02. The third-order valence-corrected chi connectivity index (χ3v) is 4.73. The molecule has 0 radical (unpaired) electrons. The van der Waals surface area contributed by atoms with Crippen molar-refractivity contribution in [1.29, 1.82) is 0 Å². The normalized spacial score (nSPS) is 12.4. The van der Waals surface area contributed by atoms with E-state index in [0.717, 1.165) is 5.56 Å². The minimum Gasteiger partial charge on any atom is -0.438 e. The summed E-state index contributed by atoms with van der Waals surface area (Å²) in [7, 11) is 1.62. The molecule has 1 atom stereocenters. The summed E-state index contributed by atoms with van der Waals surface area (Å²) in [5.41, 5.74) is 2.11. The van der Waals surface area contributed by atoms with E-state index >= 15 is 0 Å². The number of nitrogens with zero attached hydrogens (tertiary/aromatic N) is 3. The average molecular weight is 431 g/mol. The fourth-order valence-electron chi connectivity index (χ4n) is 3.28. The molecule has 0 bridgehead atoms. The van der Waals surface area contributed by atoms with Crippen molar-refractivity contribution in [2.24, 2.45) is 0 Å². The number of hydrogen-bond donors (Lipinski definition) is 1. The smallest absolute Gasteiger partial charge is 0.227 e. The van der Waals surface area contributed by atoms with Crippen LogP contribution >= 0.6 is 0 Å². The van der Waals surface area contributed by atoms with Crippen LogP contribution in [0.3, 0.4) is 0 Å². The lowest BCUT2D eigenvalue weighted by Crippen LogP contribution is -2.33. The van der Waals surface area contributed by atoms with E-state index in [9.17, 15) is 13.9 Å². The van der Waals surface area contributed by atoms with Gasteiger partial charge in [-0.1, -0.05) is 6.07 Å². The highest BCUT2D eigenvalue weighted by Crippen LogP contribution is 2.32. The van der Waals surface area contributed by atoms with E-state index in [4.69, 9.17) is 9.47 Å². The maximum Gasteiger partial charge on any atom is 0.227 e. The predicted molar refractivity (Wildman–Crippen MR) is 114 cm³/mol. The van der Waals surface area contributed by atoms with E-state index in [2.05, 4.69) is 5.10 Å². The zero-order valence-corrected chi connectivity index (χ0v) is 17.9. The summed E-state index contributed by atoms with van der Waals surface area (Å²) in [6, 6.07) is 11.7. The van der Waals surface area contributed by atoms with Gasteiger partial charge in [0.25, 0.3) is 0 Å². The van der Waals surface area contributed by atoms with Crippen molar-refractivity contribution in [2.75, 3.05) is 26.8 Å². The van der Waals surface area contributed by atoms with Gasteiger partial charge in [-0.3, -0.25) is 4.90 Å². The second-order valence-electron chi connectivity index (χ2n) is 7.39. The Morgan fingerprint density at radius 2 is 1.87 bits per heavy atom. The number of rotatable bonds is 10. The van der Waals surface area contributed by atoms with Gasteiger partial charge in [-0.2, -0.15) is 5.10 Å². The van der Waals surface area contributed by atoms with Crippen LogP contribution in [0.5, 0.6) is 11.6 Å². The number of hydrogen-bond acceptors (Lipinski definition) is 5. The lowest BCUT2D eigenvalue weighted by Gasteiger charge is -2.23. The first kappa shape index (κ1) is 22.9. The van der Waals surface area contributed by atoms with Crippen molar-refractivity contribution in [2.45, 2.75) is 26.5 Å². The molecular formula is C23H27F2N3O3. The number of aliphatic hydroxyl groups excluding tert-OH is 1. The van der Waals surface area contributed by atoms with Gasteiger partial charge in [0.2, 0.25) is 5.88 Å². The lowest BCUT2D eigenvalue weighted by molar-refractivity contribution is 0.0934. The number of ether oxygens (including phenoxy) is 2. The molecule has 1 N–H and O–H groups in total. The molecule has 8 heteroatoms. The van der Waals surface area contributed by atoms with Crippen LogP contribution in [-0.2, 0) is 11.3 Å². The minimum atomic E-state index is -0.531. The van der Waals surface area contributed by atoms with Crippen LogP contribution < -0.4 is 4.74 Å². The van der Waals surface area contributed by atoms with Crippen LogP contribution in [0.4, 0.5) is 8.78 Å². The molecule has 0 unspecified atom stereocenters. The molecule has 3 aromatic rings. The summed E-state index contributed by atoms with van der Waals surface area (Å²) >= 11 is 0. The van der Waals surface area contributed by atoms with E-state index in [1.165, 1.54) is 24.3 Å². The molecule has 0 fully saturated rings. The van der Waals surface area contributed by atoms with Crippen LogP contribution in [-0.4, -0.2) is 52.7 Å². The third kappa shape index (κ3) is 6.10. The second-order valence-corrected chi connectivity index (χ2v) is 7.39. The van der Waals surface area contributed by atoms with Crippen molar-refractivity contribution in [3.8, 4) is 17.3 Å². The quantitative estimate of drug-likeness (QED) is 0.524. The Balaban J connectivity index is 2.03. The summed E-state index contributed by atoms with van der Waals surface area (Å²) in [6.45, 7) is 5.54. The van der Waals surface area contributed by atoms with Crippen molar-refractivity contribution in [3.63, 3.8) is 0 Å². The number of methoxy groups -OCH3 is 1. The summed E-state index contributed by atoms with van der Waals surface area (Å²) in [5, 5.41) is 14.5. The molecule has 0 spiro atoms. The number of benzene rings is 2. The lowest BCUT2D eigenvalue weighted by atomic mass is 10.2. The fraction of sp³-hybridized carbons (Fsp3) is 0.348. The Labute approximate surface area is 180 Å². The molecular weight excluding hydrogens is 404 g/mol. The molecule has 6 nitrogen and oxygen atoms in total. The van der Waals surface area contributed by atoms with E-state index < -0.39 is 11.9 Å². The van der Waals surface area contributed by atoms with Gasteiger partial charge < -0.3 is 14.6 Å². The molecule has 3 rings (SSSR count). The standard InChI is InChI=1S/C23H27F2N3O3/c1-16(29)14-27(11-12-30-3)15-22-17(2)26-28(20-9-7-18(24)8-10-20)23(22)31-21-6-4-5-19(25)13-21/h4-10,13,16,29H,11-12,14-15H2,1-3H3/t16-/m1/s1. The molecule has 0 saturated heterocycles. The van der Waals surface area contributed by atoms with Crippen molar-refractivity contribution in [1.82, 2.24) is 14.7 Å². The first-order chi connectivity index (χ1) is 14.9. The van der Waals surface area contributed by atoms with Crippen LogP contribution in [0.15, 0.2) is 48.5 Å². The maximum absolute atomic E-state index is 13.7. The summed E-state index contributed by atoms with van der Waals surface area (Å²) < 4.78 is 40.0. The first-order valence-corrected chi connectivity index (χ1v) is 10.0. The Hall–Kier alpha value is -2.81. The topological polar surface area (TPSA) is 59.8 Å². The van der Waals surface area contributed by atoms with Crippen LogP contribution in [0.25, 0.3) is 5.69 Å². The molecule has 0 aliphatic rings. The molecule has 2 aromatic carbocycles. The van der Waals surface area contributed by atoms with E-state index in [1.54, 1.807) is 43.0 Å². The highest BCUT2D eigenvalue weighted by molar-refractivity contribution is 5.43. The fourth-order valence-corrected chi connectivity index (χ4v) is 3.28. The Kier molecular flexibility index (Phi) is 7.73. The van der Waals surface area contributed by atoms with E-state index in [0.29, 0.717) is 49.3 Å². The number of aliphatic hydroxyl groups is 1. The monoisotopic (exact) mass is 431 g/mol. The SMILES string of the molecule is COCCN(Cc1c(C)nn(-c2ccc(F)cc2)c1Oc1cccc(F)c1)C[C@@H](C)O. The van der Waals surface area contributed by atoms with Crippen LogP contribution in [0.1, 0.15) is 18.2 Å². The summed E-state index contributed by atoms with van der Waals surface area (Å²) in [4.78, 5) is 2.03. The second kappa shape index (κ2) is 10.5. The summed E-state index contributed by atoms with van der Waals surface area (Å²) in [5.74, 6) is -0.0474.